The monoisotopic (exact) mass is 221 g/mol. The highest BCUT2D eigenvalue weighted by atomic mass is 32.2. The van der Waals surface area contributed by atoms with E-state index in [0.717, 1.165) is 12.7 Å². The fourth-order valence-corrected chi connectivity index (χ4v) is 2.15. The van der Waals surface area contributed by atoms with Gasteiger partial charge in [0.25, 0.3) is 0 Å². The Kier molecular flexibility index (Phi) is 3.49. The van der Waals surface area contributed by atoms with Gasteiger partial charge in [-0.25, -0.2) is 8.42 Å². The Hall–Kier alpha value is -0.620. The third-order valence-electron chi connectivity index (χ3n) is 2.28. The summed E-state index contributed by atoms with van der Waals surface area (Å²) in [6, 6.07) is 0. The van der Waals surface area contributed by atoms with Gasteiger partial charge in [0.15, 0.2) is 9.84 Å². The Balaban J connectivity index is 2.48. The molecule has 0 aromatic heterocycles. The van der Waals surface area contributed by atoms with E-state index < -0.39 is 15.6 Å². The number of carbonyl (C=O) groups excluding carboxylic acids is 1. The molecule has 1 unspecified atom stereocenters. The first-order chi connectivity index (χ1) is 6.42. The van der Waals surface area contributed by atoms with E-state index in [1.54, 1.807) is 0 Å². The predicted molar refractivity (Wildman–Crippen MR) is 51.5 cm³/mol. The van der Waals surface area contributed by atoms with E-state index in [1.807, 2.05) is 0 Å². The van der Waals surface area contributed by atoms with Gasteiger partial charge >= 0.3 is 0 Å². The summed E-state index contributed by atoms with van der Waals surface area (Å²) in [4.78, 5) is 12.9. The van der Waals surface area contributed by atoms with E-state index in [4.69, 9.17) is 5.11 Å². The van der Waals surface area contributed by atoms with Crippen molar-refractivity contribution in [2.45, 2.75) is 6.42 Å². The van der Waals surface area contributed by atoms with E-state index in [2.05, 4.69) is 0 Å². The summed E-state index contributed by atoms with van der Waals surface area (Å²) in [5.74, 6) is -0.674. The first-order valence-electron chi connectivity index (χ1n) is 4.48. The third-order valence-corrected chi connectivity index (χ3v) is 3.05. The minimum atomic E-state index is -3.24. The molecule has 0 saturated carbocycles. The van der Waals surface area contributed by atoms with Crippen molar-refractivity contribution in [2.75, 3.05) is 31.7 Å². The van der Waals surface area contributed by atoms with Crippen molar-refractivity contribution in [1.29, 1.82) is 0 Å². The summed E-state index contributed by atoms with van der Waals surface area (Å²) in [6.45, 7) is 1.09. The van der Waals surface area contributed by atoms with Crippen LogP contribution in [0, 0.1) is 5.92 Å². The van der Waals surface area contributed by atoms with Crippen molar-refractivity contribution in [3.63, 3.8) is 0 Å². The highest BCUT2D eigenvalue weighted by Gasteiger charge is 2.27. The lowest BCUT2D eigenvalue weighted by Gasteiger charge is -2.15. The molecule has 0 aliphatic carbocycles. The van der Waals surface area contributed by atoms with E-state index in [9.17, 15) is 13.2 Å². The van der Waals surface area contributed by atoms with Crippen molar-refractivity contribution < 1.29 is 18.3 Å². The molecular formula is C8H15NO4S. The van der Waals surface area contributed by atoms with Crippen molar-refractivity contribution in [3.05, 3.63) is 0 Å². The van der Waals surface area contributed by atoms with Crippen LogP contribution >= 0.6 is 0 Å². The quantitative estimate of drug-likeness (QED) is 0.654. The lowest BCUT2D eigenvalue weighted by molar-refractivity contribution is -0.127. The number of hydrogen-bond acceptors (Lipinski definition) is 4. The number of carbonyl (C=O) groups is 1. The SMILES string of the molecule is CS(=O)(=O)CC(=O)N1CCC(CO)C1. The second-order valence-corrected chi connectivity index (χ2v) is 5.89. The highest BCUT2D eigenvalue weighted by molar-refractivity contribution is 7.91. The number of aliphatic hydroxyl groups excluding tert-OH is 1. The fraction of sp³-hybridized carbons (Fsp3) is 0.875. The highest BCUT2D eigenvalue weighted by Crippen LogP contribution is 2.15. The molecule has 0 bridgehead atoms. The van der Waals surface area contributed by atoms with Crippen LogP contribution in [0.5, 0.6) is 0 Å². The van der Waals surface area contributed by atoms with E-state index in [0.29, 0.717) is 13.1 Å². The molecule has 0 radical (unpaired) electrons. The molecule has 1 heterocycles. The van der Waals surface area contributed by atoms with Crippen LogP contribution in [0.3, 0.4) is 0 Å². The van der Waals surface area contributed by atoms with Gasteiger partial charge in [0.2, 0.25) is 5.91 Å². The van der Waals surface area contributed by atoms with Gasteiger partial charge < -0.3 is 10.0 Å². The normalized spacial score (nSPS) is 22.7. The van der Waals surface area contributed by atoms with Gasteiger partial charge in [-0.1, -0.05) is 0 Å². The summed E-state index contributed by atoms with van der Waals surface area (Å²) >= 11 is 0. The molecule has 6 heteroatoms. The standard InChI is InChI=1S/C8H15NO4S/c1-14(12,13)6-8(11)9-3-2-7(4-9)5-10/h7,10H,2-6H2,1H3. The Labute approximate surface area is 83.6 Å². The van der Waals surface area contributed by atoms with Crippen LogP contribution < -0.4 is 0 Å². The average molecular weight is 221 g/mol. The van der Waals surface area contributed by atoms with Crippen LogP contribution in [0.25, 0.3) is 0 Å². The molecule has 14 heavy (non-hydrogen) atoms. The number of hydrogen-bond donors (Lipinski definition) is 1. The summed E-state index contributed by atoms with van der Waals surface area (Å²) < 4.78 is 21.7. The maximum atomic E-state index is 11.4. The number of aliphatic hydroxyl groups is 1. The summed E-state index contributed by atoms with van der Waals surface area (Å²) in [7, 11) is -3.24. The molecule has 1 rings (SSSR count). The number of nitrogens with zero attached hydrogens (tertiary/aromatic N) is 1. The number of amides is 1. The second-order valence-electron chi connectivity index (χ2n) is 3.75. The van der Waals surface area contributed by atoms with Gasteiger partial charge in [0.1, 0.15) is 5.75 Å². The Bertz CT molecular complexity index is 311. The van der Waals surface area contributed by atoms with Crippen molar-refractivity contribution in [1.82, 2.24) is 4.90 Å². The van der Waals surface area contributed by atoms with Crippen LogP contribution in [0.1, 0.15) is 6.42 Å². The smallest absolute Gasteiger partial charge is 0.237 e. The molecule has 1 atom stereocenters. The van der Waals surface area contributed by atoms with Gasteiger partial charge in [-0.3, -0.25) is 4.79 Å². The fourth-order valence-electron chi connectivity index (χ4n) is 1.52. The second kappa shape index (κ2) is 4.27. The summed E-state index contributed by atoms with van der Waals surface area (Å²) in [5.41, 5.74) is 0. The summed E-state index contributed by atoms with van der Waals surface area (Å²) in [6.07, 6.45) is 1.80. The van der Waals surface area contributed by atoms with Crippen molar-refractivity contribution in [3.8, 4) is 0 Å². The van der Waals surface area contributed by atoms with E-state index in [1.165, 1.54) is 4.90 Å². The molecule has 1 saturated heterocycles. The molecular weight excluding hydrogens is 206 g/mol. The average Bonchev–Trinajstić information content (AvgIpc) is 2.48. The lowest BCUT2D eigenvalue weighted by atomic mass is 10.1. The Morgan fingerprint density at radius 2 is 2.21 bits per heavy atom. The number of rotatable bonds is 3. The van der Waals surface area contributed by atoms with Gasteiger partial charge in [-0.2, -0.15) is 0 Å². The number of sulfone groups is 1. The molecule has 0 aromatic rings. The van der Waals surface area contributed by atoms with E-state index in [-0.39, 0.29) is 18.4 Å². The molecule has 0 spiro atoms. The maximum absolute atomic E-state index is 11.4. The first-order valence-corrected chi connectivity index (χ1v) is 6.55. The van der Waals surface area contributed by atoms with Crippen molar-refractivity contribution >= 4 is 15.7 Å². The van der Waals surface area contributed by atoms with E-state index >= 15 is 0 Å². The van der Waals surface area contributed by atoms with Gasteiger partial charge in [0.05, 0.1) is 0 Å². The molecule has 1 N–H and O–H groups in total. The van der Waals surface area contributed by atoms with Crippen molar-refractivity contribution in [2.24, 2.45) is 5.92 Å². The molecule has 0 aromatic carbocycles. The maximum Gasteiger partial charge on any atom is 0.237 e. The zero-order valence-electron chi connectivity index (χ0n) is 8.14. The predicted octanol–water partition coefficient (Wildman–Crippen LogP) is -1.13. The molecule has 82 valence electrons. The Morgan fingerprint density at radius 1 is 1.57 bits per heavy atom. The zero-order valence-corrected chi connectivity index (χ0v) is 8.96. The van der Waals surface area contributed by atoms with Crippen LogP contribution in [-0.4, -0.2) is 56.0 Å². The lowest BCUT2D eigenvalue weighted by Crippen LogP contribution is -2.33. The minimum absolute atomic E-state index is 0.0582. The molecule has 1 aliphatic rings. The van der Waals surface area contributed by atoms with Crippen LogP contribution in [0.2, 0.25) is 0 Å². The van der Waals surface area contributed by atoms with Crippen LogP contribution in [0.15, 0.2) is 0 Å². The van der Waals surface area contributed by atoms with Gasteiger partial charge in [-0.05, 0) is 6.42 Å². The summed E-state index contributed by atoms with van der Waals surface area (Å²) in [5, 5.41) is 8.84. The van der Waals surface area contributed by atoms with Crippen LogP contribution in [0.4, 0.5) is 0 Å². The van der Waals surface area contributed by atoms with Crippen LogP contribution in [-0.2, 0) is 14.6 Å². The zero-order chi connectivity index (χ0) is 10.8. The molecule has 1 fully saturated rings. The minimum Gasteiger partial charge on any atom is -0.396 e. The molecule has 5 nitrogen and oxygen atoms in total. The first kappa shape index (κ1) is 11.5. The van der Waals surface area contributed by atoms with Gasteiger partial charge in [0, 0.05) is 31.9 Å². The molecule has 1 amide bonds. The van der Waals surface area contributed by atoms with Gasteiger partial charge in [-0.15, -0.1) is 0 Å². The largest absolute Gasteiger partial charge is 0.396 e. The topological polar surface area (TPSA) is 74.7 Å². The third kappa shape index (κ3) is 3.26. The Morgan fingerprint density at radius 3 is 2.64 bits per heavy atom. The molecule has 1 aliphatic heterocycles. The number of likely N-dealkylation sites (tertiary alicyclic amines) is 1.